The number of sulfonamides is 1. The Morgan fingerprint density at radius 2 is 2.03 bits per heavy atom. The number of anilines is 1. The molecule has 1 atom stereocenters. The summed E-state index contributed by atoms with van der Waals surface area (Å²) in [5.74, 6) is 1.33. The maximum absolute atomic E-state index is 12.8. The number of nitrogens with one attached hydrogen (secondary N) is 2. The summed E-state index contributed by atoms with van der Waals surface area (Å²) >= 11 is 1.67. The number of rotatable bonds is 9. The Kier molecular flexibility index (Phi) is 9.01. The number of amides is 2. The van der Waals surface area contributed by atoms with Crippen molar-refractivity contribution in [3.63, 3.8) is 0 Å². The van der Waals surface area contributed by atoms with Gasteiger partial charge in [0.15, 0.2) is 0 Å². The number of thioether (sulfide) groups is 1. The minimum Gasteiger partial charge on any atom is -0.444 e. The lowest BCUT2D eigenvalue weighted by atomic mass is 10.1. The summed E-state index contributed by atoms with van der Waals surface area (Å²) in [7, 11) is -3.65. The first kappa shape index (κ1) is 25.3. The molecular weight excluding hydrogens is 440 g/mol. The van der Waals surface area contributed by atoms with Gasteiger partial charge < -0.3 is 20.7 Å². The van der Waals surface area contributed by atoms with E-state index in [0.717, 1.165) is 5.75 Å². The van der Waals surface area contributed by atoms with Gasteiger partial charge in [0.1, 0.15) is 11.6 Å². The van der Waals surface area contributed by atoms with Crippen LogP contribution in [0.4, 0.5) is 10.5 Å². The maximum atomic E-state index is 12.8. The lowest BCUT2D eigenvalue weighted by molar-refractivity contribution is -0.132. The third kappa shape index (κ3) is 8.58. The molecule has 0 aromatic heterocycles. The van der Waals surface area contributed by atoms with Crippen LogP contribution >= 0.6 is 11.8 Å². The fraction of sp³-hybridized carbons (Fsp3) is 0.600. The highest BCUT2D eigenvalue weighted by atomic mass is 32.2. The molecule has 0 spiro atoms. The molecule has 1 aromatic carbocycles. The molecule has 0 radical (unpaired) electrons. The van der Waals surface area contributed by atoms with Crippen molar-refractivity contribution in [1.29, 1.82) is 0 Å². The molecule has 1 aliphatic heterocycles. The lowest BCUT2D eigenvalue weighted by Gasteiger charge is -2.26. The van der Waals surface area contributed by atoms with Gasteiger partial charge >= 0.3 is 6.09 Å². The van der Waals surface area contributed by atoms with Gasteiger partial charge in [-0.15, -0.1) is 11.8 Å². The molecule has 174 valence electrons. The second kappa shape index (κ2) is 11.1. The van der Waals surface area contributed by atoms with Crippen molar-refractivity contribution in [1.82, 2.24) is 14.9 Å². The predicted octanol–water partition coefficient (Wildman–Crippen LogP) is 2.14. The topological polar surface area (TPSA) is 131 Å². The number of carbonyl (C=O) groups is 2. The van der Waals surface area contributed by atoms with Gasteiger partial charge in [0.2, 0.25) is 15.9 Å². The van der Waals surface area contributed by atoms with E-state index in [9.17, 15) is 18.0 Å². The fourth-order valence-electron chi connectivity index (χ4n) is 2.96. The Morgan fingerprint density at radius 3 is 2.65 bits per heavy atom. The molecule has 1 fully saturated rings. The Labute approximate surface area is 188 Å². The number of ether oxygens (including phenoxy) is 1. The van der Waals surface area contributed by atoms with Gasteiger partial charge in [-0.25, -0.2) is 17.9 Å². The van der Waals surface area contributed by atoms with Crippen molar-refractivity contribution in [2.45, 2.75) is 56.6 Å². The van der Waals surface area contributed by atoms with Crippen molar-refractivity contribution in [3.05, 3.63) is 24.3 Å². The van der Waals surface area contributed by atoms with Crippen LogP contribution in [0.1, 0.15) is 40.0 Å². The largest absolute Gasteiger partial charge is 0.444 e. The molecular formula is C20H32N4O5S2. The van der Waals surface area contributed by atoms with Crippen LogP contribution in [0, 0.1) is 0 Å². The molecule has 4 N–H and O–H groups in total. The van der Waals surface area contributed by atoms with E-state index in [0.29, 0.717) is 37.4 Å². The molecule has 0 aliphatic carbocycles. The van der Waals surface area contributed by atoms with Gasteiger partial charge in [-0.2, -0.15) is 0 Å². The van der Waals surface area contributed by atoms with Crippen LogP contribution in [0.3, 0.4) is 0 Å². The summed E-state index contributed by atoms with van der Waals surface area (Å²) in [6.07, 6.45) is 0.808. The molecule has 1 unspecified atom stereocenters. The zero-order valence-electron chi connectivity index (χ0n) is 18.2. The molecule has 1 aliphatic rings. The highest BCUT2D eigenvalue weighted by Crippen LogP contribution is 2.17. The van der Waals surface area contributed by atoms with Crippen LogP contribution in [0.2, 0.25) is 0 Å². The third-order valence-corrected chi connectivity index (χ3v) is 6.86. The fourth-order valence-corrected chi connectivity index (χ4v) is 5.04. The van der Waals surface area contributed by atoms with Crippen LogP contribution in [0.25, 0.3) is 0 Å². The highest BCUT2D eigenvalue weighted by Gasteiger charge is 2.29. The minimum atomic E-state index is -3.65. The van der Waals surface area contributed by atoms with Crippen LogP contribution in [0.15, 0.2) is 29.2 Å². The van der Waals surface area contributed by atoms with Crippen LogP contribution in [-0.2, 0) is 19.6 Å². The Bertz CT molecular complexity index is 865. The number of unbranched alkanes of at least 4 members (excludes halogenated alkanes) is 1. The monoisotopic (exact) mass is 472 g/mol. The first-order chi connectivity index (χ1) is 14.5. The van der Waals surface area contributed by atoms with Crippen molar-refractivity contribution in [2.75, 3.05) is 30.5 Å². The van der Waals surface area contributed by atoms with Gasteiger partial charge in [-0.05, 0) is 58.2 Å². The summed E-state index contributed by atoms with van der Waals surface area (Å²) in [4.78, 5) is 26.8. The second-order valence-corrected chi connectivity index (χ2v) is 11.1. The van der Waals surface area contributed by atoms with Crippen LogP contribution in [0.5, 0.6) is 0 Å². The van der Waals surface area contributed by atoms with E-state index in [2.05, 4.69) is 10.0 Å². The molecule has 0 saturated carbocycles. The van der Waals surface area contributed by atoms with E-state index < -0.39 is 27.8 Å². The second-order valence-electron chi connectivity index (χ2n) is 8.30. The minimum absolute atomic E-state index is 0.110. The van der Waals surface area contributed by atoms with Crippen molar-refractivity contribution in [2.24, 2.45) is 0 Å². The number of nitrogens with two attached hydrogens (primary N) is 1. The smallest absolute Gasteiger partial charge is 0.408 e. The van der Waals surface area contributed by atoms with E-state index in [4.69, 9.17) is 10.5 Å². The molecule has 31 heavy (non-hydrogen) atoms. The standard InChI is InChI=1S/C20H32N4O5S2/c1-20(2,3)29-19(26)23-17(18(25)24-11-12-30-14-24)9-4-5-10-22-31(27,28)16-8-6-7-15(21)13-16/h6-8,13,17,22H,4-5,9-12,14,21H2,1-3H3,(H,23,26). The summed E-state index contributed by atoms with van der Waals surface area (Å²) in [5, 5.41) is 2.68. The first-order valence-electron chi connectivity index (χ1n) is 10.2. The van der Waals surface area contributed by atoms with Gasteiger partial charge in [-0.3, -0.25) is 4.79 Å². The lowest BCUT2D eigenvalue weighted by Crippen LogP contribution is -2.49. The predicted molar refractivity (Wildman–Crippen MR) is 122 cm³/mol. The van der Waals surface area contributed by atoms with E-state index in [1.54, 1.807) is 49.6 Å². The zero-order valence-corrected chi connectivity index (χ0v) is 19.9. The summed E-state index contributed by atoms with van der Waals surface area (Å²) in [5.41, 5.74) is 5.35. The van der Waals surface area contributed by atoms with E-state index >= 15 is 0 Å². The van der Waals surface area contributed by atoms with Crippen LogP contribution < -0.4 is 15.8 Å². The Balaban J connectivity index is 1.87. The van der Waals surface area contributed by atoms with Crippen molar-refractivity contribution < 1.29 is 22.7 Å². The number of hydrogen-bond acceptors (Lipinski definition) is 7. The highest BCUT2D eigenvalue weighted by molar-refractivity contribution is 7.99. The van der Waals surface area contributed by atoms with Crippen molar-refractivity contribution in [3.8, 4) is 0 Å². The van der Waals surface area contributed by atoms with Gasteiger partial charge in [0.25, 0.3) is 0 Å². The molecule has 11 heteroatoms. The SMILES string of the molecule is CC(C)(C)OC(=O)NC(CCCCNS(=O)(=O)c1cccc(N)c1)C(=O)N1CCSC1. The first-order valence-corrected chi connectivity index (χ1v) is 12.8. The van der Waals surface area contributed by atoms with Crippen LogP contribution in [-0.4, -0.2) is 61.7 Å². The number of nitrogen functional groups attached to an aromatic ring is 1. The maximum Gasteiger partial charge on any atom is 0.408 e. The number of carbonyl (C=O) groups excluding carboxylic acids is 2. The van der Waals surface area contributed by atoms with Gasteiger partial charge in [0.05, 0.1) is 10.8 Å². The number of benzene rings is 1. The summed E-state index contributed by atoms with van der Waals surface area (Å²) < 4.78 is 32.5. The van der Waals surface area contributed by atoms with Gasteiger partial charge in [0, 0.05) is 24.5 Å². The molecule has 1 heterocycles. The molecule has 2 amide bonds. The molecule has 0 bridgehead atoms. The summed E-state index contributed by atoms with van der Waals surface area (Å²) in [6.45, 7) is 6.13. The number of alkyl carbamates (subject to hydrolysis) is 1. The van der Waals surface area contributed by atoms with Crippen molar-refractivity contribution >= 4 is 39.5 Å². The average molecular weight is 473 g/mol. The van der Waals surface area contributed by atoms with E-state index in [1.807, 2.05) is 0 Å². The third-order valence-electron chi connectivity index (χ3n) is 4.43. The Hall–Kier alpha value is -1.98. The number of hydrogen-bond donors (Lipinski definition) is 3. The zero-order chi connectivity index (χ0) is 23.1. The quantitative estimate of drug-likeness (QED) is 0.371. The van der Waals surface area contributed by atoms with E-state index in [-0.39, 0.29) is 17.3 Å². The number of nitrogens with zero attached hydrogens (tertiary/aromatic N) is 1. The molecule has 1 aromatic rings. The van der Waals surface area contributed by atoms with Gasteiger partial charge in [-0.1, -0.05) is 6.07 Å². The van der Waals surface area contributed by atoms with E-state index in [1.165, 1.54) is 12.1 Å². The summed E-state index contributed by atoms with van der Waals surface area (Å²) in [6, 6.07) is 5.37. The average Bonchev–Trinajstić information content (AvgIpc) is 3.19. The molecule has 2 rings (SSSR count). The molecule has 1 saturated heterocycles. The Morgan fingerprint density at radius 1 is 1.29 bits per heavy atom. The molecule has 9 nitrogen and oxygen atoms in total. The normalized spacial score (nSPS) is 15.5.